The van der Waals surface area contributed by atoms with Gasteiger partial charge in [0, 0.05) is 17.8 Å². The van der Waals surface area contributed by atoms with Crippen molar-refractivity contribution in [3.8, 4) is 0 Å². The molecule has 1 aromatic rings. The number of hydrogen-bond acceptors (Lipinski definition) is 4. The fourth-order valence-electron chi connectivity index (χ4n) is 1.74. The minimum Gasteiger partial charge on any atom is -0.366 e. The zero-order valence-electron chi connectivity index (χ0n) is 9.11. The number of rotatable bonds is 3. The highest BCUT2D eigenvalue weighted by Gasteiger charge is 2.24. The summed E-state index contributed by atoms with van der Waals surface area (Å²) in [6, 6.07) is 7.10. The lowest BCUT2D eigenvalue weighted by Crippen LogP contribution is -2.44. The lowest BCUT2D eigenvalue weighted by Gasteiger charge is -2.32. The largest absolute Gasteiger partial charge is 0.366 e. The number of morpholine rings is 1. The van der Waals surface area contributed by atoms with Crippen LogP contribution in [-0.4, -0.2) is 40.2 Å². The first-order valence-electron chi connectivity index (χ1n) is 5.22. The smallest absolute Gasteiger partial charge is 0.184 e. The van der Waals surface area contributed by atoms with Crippen LogP contribution in [0.25, 0.3) is 0 Å². The van der Waals surface area contributed by atoms with Crippen LogP contribution < -0.4 is 4.90 Å². The minimum atomic E-state index is -1.97. The summed E-state index contributed by atoms with van der Waals surface area (Å²) in [5, 5.41) is 0. The van der Waals surface area contributed by atoms with Crippen molar-refractivity contribution in [2.75, 3.05) is 24.6 Å². The molecular weight excluding hydrogens is 242 g/mol. The molecule has 2 atom stereocenters. The third-order valence-corrected chi connectivity index (χ3v) is 3.39. The molecule has 1 aliphatic heterocycles. The van der Waals surface area contributed by atoms with Gasteiger partial charge in [0.25, 0.3) is 0 Å². The Labute approximate surface area is 102 Å². The van der Waals surface area contributed by atoms with Gasteiger partial charge in [0.05, 0.1) is 13.2 Å². The monoisotopic (exact) mass is 255 g/mol. The molecule has 1 fully saturated rings. The van der Waals surface area contributed by atoms with Gasteiger partial charge in [0.15, 0.2) is 16.5 Å². The molecule has 0 saturated carbocycles. The van der Waals surface area contributed by atoms with Crippen molar-refractivity contribution in [1.82, 2.24) is 0 Å². The summed E-state index contributed by atoms with van der Waals surface area (Å²) in [6.45, 7) is 1.48. The van der Waals surface area contributed by atoms with Gasteiger partial charge in [0.2, 0.25) is 0 Å². The van der Waals surface area contributed by atoms with E-state index in [1.54, 1.807) is 12.1 Å². The zero-order chi connectivity index (χ0) is 12.3. The molecule has 0 aromatic heterocycles. The quantitative estimate of drug-likeness (QED) is 0.641. The second-order valence-corrected chi connectivity index (χ2v) is 4.81. The number of benzene rings is 1. The van der Waals surface area contributed by atoms with E-state index < -0.39 is 16.5 Å². The standard InChI is InChI=1S/C11H13NO4S/c13-8-9-1-3-10(4-2-9)12-5-6-16-11(7-12)17(14)15/h1-4,8,11H,5-7H2,(H,14,15)/t11-/m1/s1. The molecule has 1 N–H and O–H groups in total. The molecule has 0 bridgehead atoms. The van der Waals surface area contributed by atoms with E-state index in [9.17, 15) is 9.00 Å². The van der Waals surface area contributed by atoms with Crippen LogP contribution in [0, 0.1) is 0 Å². The fourth-order valence-corrected chi connectivity index (χ4v) is 2.26. The van der Waals surface area contributed by atoms with Crippen LogP contribution in [0.1, 0.15) is 10.4 Å². The van der Waals surface area contributed by atoms with Crippen molar-refractivity contribution >= 4 is 23.1 Å². The molecule has 1 heterocycles. The van der Waals surface area contributed by atoms with E-state index in [-0.39, 0.29) is 0 Å². The first-order valence-corrected chi connectivity index (χ1v) is 6.39. The maximum atomic E-state index is 10.9. The second-order valence-electron chi connectivity index (χ2n) is 3.73. The summed E-state index contributed by atoms with van der Waals surface area (Å²) in [7, 11) is 0. The first-order chi connectivity index (χ1) is 8.20. The number of carbonyl (C=O) groups is 1. The van der Waals surface area contributed by atoms with Gasteiger partial charge >= 0.3 is 0 Å². The van der Waals surface area contributed by atoms with E-state index in [2.05, 4.69) is 0 Å². The first kappa shape index (κ1) is 12.2. The Morgan fingerprint density at radius 1 is 1.41 bits per heavy atom. The number of ether oxygens (including phenoxy) is 1. The molecule has 1 saturated heterocycles. The Hall–Kier alpha value is -1.24. The van der Waals surface area contributed by atoms with E-state index in [4.69, 9.17) is 9.29 Å². The predicted octanol–water partition coefficient (Wildman–Crippen LogP) is 0.883. The SMILES string of the molecule is O=Cc1ccc(N2CCO[C@H](S(=O)O)C2)cc1. The van der Waals surface area contributed by atoms with E-state index in [1.165, 1.54) is 0 Å². The van der Waals surface area contributed by atoms with E-state index in [1.807, 2.05) is 17.0 Å². The summed E-state index contributed by atoms with van der Waals surface area (Å²) < 4.78 is 25.1. The van der Waals surface area contributed by atoms with Crippen molar-refractivity contribution < 1.29 is 18.3 Å². The Kier molecular flexibility index (Phi) is 3.88. The topological polar surface area (TPSA) is 66.8 Å². The summed E-state index contributed by atoms with van der Waals surface area (Å²) in [6.07, 6.45) is 0.786. The van der Waals surface area contributed by atoms with Gasteiger partial charge in [-0.25, -0.2) is 4.21 Å². The highest BCUT2D eigenvalue weighted by atomic mass is 32.2. The van der Waals surface area contributed by atoms with Crippen molar-refractivity contribution in [3.63, 3.8) is 0 Å². The van der Waals surface area contributed by atoms with Gasteiger partial charge < -0.3 is 14.2 Å². The van der Waals surface area contributed by atoms with Crippen molar-refractivity contribution in [2.45, 2.75) is 5.44 Å². The highest BCUT2D eigenvalue weighted by Crippen LogP contribution is 2.18. The third-order valence-electron chi connectivity index (χ3n) is 2.65. The van der Waals surface area contributed by atoms with Crippen molar-refractivity contribution in [2.24, 2.45) is 0 Å². The van der Waals surface area contributed by atoms with Crippen molar-refractivity contribution in [1.29, 1.82) is 0 Å². The molecule has 17 heavy (non-hydrogen) atoms. The summed E-state index contributed by atoms with van der Waals surface area (Å²) in [5.41, 5.74) is 0.869. The zero-order valence-corrected chi connectivity index (χ0v) is 9.93. The Morgan fingerprint density at radius 2 is 2.12 bits per heavy atom. The lowest BCUT2D eigenvalue weighted by molar-refractivity contribution is 0.0902. The number of hydrogen-bond donors (Lipinski definition) is 1. The Morgan fingerprint density at radius 3 is 2.71 bits per heavy atom. The maximum Gasteiger partial charge on any atom is 0.184 e. The van der Waals surface area contributed by atoms with Gasteiger partial charge in [-0.1, -0.05) is 0 Å². The number of aldehydes is 1. The molecule has 1 aromatic carbocycles. The van der Waals surface area contributed by atoms with Gasteiger partial charge in [-0.15, -0.1) is 0 Å². The molecule has 2 rings (SSSR count). The number of carbonyl (C=O) groups excluding carboxylic acids is 1. The van der Waals surface area contributed by atoms with Crippen molar-refractivity contribution in [3.05, 3.63) is 29.8 Å². The maximum absolute atomic E-state index is 10.9. The molecule has 5 nitrogen and oxygen atoms in total. The summed E-state index contributed by atoms with van der Waals surface area (Å²) in [5.74, 6) is 0. The average molecular weight is 255 g/mol. The van der Waals surface area contributed by atoms with E-state index >= 15 is 0 Å². The molecule has 0 spiro atoms. The predicted molar refractivity (Wildman–Crippen MR) is 64.6 cm³/mol. The van der Waals surface area contributed by atoms with Crippen LogP contribution in [0.3, 0.4) is 0 Å². The van der Waals surface area contributed by atoms with Crippen LogP contribution in [0.4, 0.5) is 5.69 Å². The molecule has 0 radical (unpaired) electrons. The van der Waals surface area contributed by atoms with Gasteiger partial charge in [-0.05, 0) is 24.3 Å². The molecule has 1 unspecified atom stereocenters. The number of nitrogens with zero attached hydrogens (tertiary/aromatic N) is 1. The molecule has 1 aliphatic rings. The summed E-state index contributed by atoms with van der Waals surface area (Å²) in [4.78, 5) is 12.5. The molecule has 6 heteroatoms. The van der Waals surface area contributed by atoms with Crippen LogP contribution in [0.5, 0.6) is 0 Å². The van der Waals surface area contributed by atoms with E-state index in [0.717, 1.165) is 12.0 Å². The average Bonchev–Trinajstić information content (AvgIpc) is 2.39. The van der Waals surface area contributed by atoms with Crippen LogP contribution in [0.15, 0.2) is 24.3 Å². The third kappa shape index (κ3) is 2.91. The molecular formula is C11H13NO4S. The molecule has 92 valence electrons. The summed E-state index contributed by atoms with van der Waals surface area (Å²) >= 11 is -1.97. The van der Waals surface area contributed by atoms with Crippen LogP contribution in [0.2, 0.25) is 0 Å². The normalized spacial score (nSPS) is 22.2. The molecule has 0 aliphatic carbocycles. The van der Waals surface area contributed by atoms with Gasteiger partial charge in [-0.2, -0.15) is 0 Å². The Balaban J connectivity index is 2.10. The lowest BCUT2D eigenvalue weighted by atomic mass is 10.2. The number of anilines is 1. The highest BCUT2D eigenvalue weighted by molar-refractivity contribution is 7.79. The van der Waals surface area contributed by atoms with Crippen LogP contribution in [-0.2, 0) is 15.8 Å². The fraction of sp³-hybridized carbons (Fsp3) is 0.364. The van der Waals surface area contributed by atoms with Gasteiger partial charge in [0.1, 0.15) is 6.29 Å². The van der Waals surface area contributed by atoms with E-state index in [0.29, 0.717) is 25.3 Å². The molecule has 0 amide bonds. The van der Waals surface area contributed by atoms with Crippen LogP contribution >= 0.6 is 0 Å². The Bertz CT molecular complexity index is 420. The minimum absolute atomic E-state index is 0.379. The van der Waals surface area contributed by atoms with Gasteiger partial charge in [-0.3, -0.25) is 4.79 Å². The second kappa shape index (κ2) is 5.39.